The molecule has 2 unspecified atom stereocenters. The molecule has 0 saturated carbocycles. The molecule has 3 nitrogen and oxygen atoms in total. The highest BCUT2D eigenvalue weighted by Crippen LogP contribution is 2.30. The van der Waals surface area contributed by atoms with Gasteiger partial charge in [0.05, 0.1) is 12.0 Å². The second-order valence-corrected chi connectivity index (χ2v) is 4.46. The summed E-state index contributed by atoms with van der Waals surface area (Å²) in [5.41, 5.74) is 0.708. The minimum atomic E-state index is -0.492. The van der Waals surface area contributed by atoms with Crippen LogP contribution in [0.25, 0.3) is 0 Å². The van der Waals surface area contributed by atoms with Gasteiger partial charge in [-0.05, 0) is 20.3 Å². The molecule has 0 aromatic heterocycles. The van der Waals surface area contributed by atoms with Gasteiger partial charge in [0, 0.05) is 0 Å². The molecule has 1 heterocycles. The van der Waals surface area contributed by atoms with Gasteiger partial charge < -0.3 is 9.47 Å². The Hall–Kier alpha value is -1.09. The fourth-order valence-electron chi connectivity index (χ4n) is 1.47. The molecule has 0 amide bonds. The lowest BCUT2D eigenvalue weighted by atomic mass is 9.82. The van der Waals surface area contributed by atoms with Crippen LogP contribution >= 0.6 is 0 Å². The largest absolute Gasteiger partial charge is 0.462 e. The number of carbonyl (C=O) groups excluding carboxylic acids is 1. The summed E-state index contributed by atoms with van der Waals surface area (Å²) in [6.45, 7) is 5.05. The quantitative estimate of drug-likeness (QED) is 0.524. The number of esters is 1. The first kappa shape index (κ1) is 10.4. The lowest BCUT2D eigenvalue weighted by molar-refractivity contribution is -0.152. The first-order valence-electron chi connectivity index (χ1n) is 5.25. The van der Waals surface area contributed by atoms with E-state index in [9.17, 15) is 4.79 Å². The first-order chi connectivity index (χ1) is 7.10. The van der Waals surface area contributed by atoms with Gasteiger partial charge in [-0.25, -0.2) is 0 Å². The second kappa shape index (κ2) is 3.81. The number of ether oxygens (including phenoxy) is 2. The summed E-state index contributed by atoms with van der Waals surface area (Å²) >= 11 is 0. The first-order valence-corrected chi connectivity index (χ1v) is 5.25. The third-order valence-electron chi connectivity index (χ3n) is 2.83. The average molecular weight is 208 g/mol. The Morgan fingerprint density at radius 1 is 1.73 bits per heavy atom. The van der Waals surface area contributed by atoms with Crippen LogP contribution in [0.3, 0.4) is 0 Å². The predicted molar refractivity (Wildman–Crippen MR) is 56.3 cm³/mol. The van der Waals surface area contributed by atoms with Crippen molar-refractivity contribution in [3.63, 3.8) is 0 Å². The van der Waals surface area contributed by atoms with Gasteiger partial charge in [0.15, 0.2) is 0 Å². The summed E-state index contributed by atoms with van der Waals surface area (Å²) < 4.78 is 10.2. The minimum absolute atomic E-state index is 0.141. The normalized spacial score (nSPS) is 33.5. The topological polar surface area (TPSA) is 38.8 Å². The Morgan fingerprint density at radius 2 is 2.47 bits per heavy atom. The fourth-order valence-corrected chi connectivity index (χ4v) is 1.47. The van der Waals surface area contributed by atoms with Crippen molar-refractivity contribution in [3.8, 4) is 0 Å². The number of carbonyl (C=O) groups is 1. The number of hydrogen-bond acceptors (Lipinski definition) is 3. The van der Waals surface area contributed by atoms with E-state index in [1.807, 2.05) is 26.0 Å². The van der Waals surface area contributed by atoms with Gasteiger partial charge in [-0.2, -0.15) is 0 Å². The van der Waals surface area contributed by atoms with Crippen LogP contribution in [0.5, 0.6) is 0 Å². The van der Waals surface area contributed by atoms with Gasteiger partial charge >= 0.3 is 5.97 Å². The fraction of sp³-hybridized carbons (Fsp3) is 0.583. The van der Waals surface area contributed by atoms with Crippen LogP contribution in [-0.4, -0.2) is 25.3 Å². The zero-order valence-corrected chi connectivity index (χ0v) is 9.16. The lowest BCUT2D eigenvalue weighted by Gasteiger charge is -2.24. The van der Waals surface area contributed by atoms with Crippen LogP contribution in [0, 0.1) is 5.41 Å². The van der Waals surface area contributed by atoms with Crippen LogP contribution in [0.4, 0.5) is 0 Å². The van der Waals surface area contributed by atoms with Crippen LogP contribution < -0.4 is 0 Å². The summed E-state index contributed by atoms with van der Waals surface area (Å²) in [7, 11) is 0. The SMILES string of the molecule is CC1=CCC(C)(C(=O)OCC2CO2)C=C1. The molecular formula is C12H16O3. The maximum absolute atomic E-state index is 11.8. The molecule has 0 aromatic rings. The van der Waals surface area contributed by atoms with E-state index in [2.05, 4.69) is 6.08 Å². The van der Waals surface area contributed by atoms with E-state index in [1.165, 1.54) is 5.57 Å². The van der Waals surface area contributed by atoms with Crippen molar-refractivity contribution < 1.29 is 14.3 Å². The van der Waals surface area contributed by atoms with Gasteiger partial charge in [-0.15, -0.1) is 0 Å². The van der Waals surface area contributed by atoms with E-state index in [1.54, 1.807) is 0 Å². The highest BCUT2D eigenvalue weighted by molar-refractivity contribution is 5.79. The zero-order valence-electron chi connectivity index (χ0n) is 9.16. The van der Waals surface area contributed by atoms with Crippen LogP contribution in [0.15, 0.2) is 23.8 Å². The summed E-state index contributed by atoms with van der Waals surface area (Å²) in [4.78, 5) is 11.8. The summed E-state index contributed by atoms with van der Waals surface area (Å²) in [6, 6.07) is 0. The Balaban J connectivity index is 1.90. The van der Waals surface area contributed by atoms with Crippen LogP contribution in [0.2, 0.25) is 0 Å². The van der Waals surface area contributed by atoms with E-state index < -0.39 is 5.41 Å². The van der Waals surface area contributed by atoms with Gasteiger partial charge in [0.2, 0.25) is 0 Å². The van der Waals surface area contributed by atoms with Crippen molar-refractivity contribution in [1.29, 1.82) is 0 Å². The Kier molecular flexibility index (Phi) is 2.65. The summed E-state index contributed by atoms with van der Waals surface area (Å²) in [5.74, 6) is -0.155. The lowest BCUT2D eigenvalue weighted by Crippen LogP contribution is -2.29. The van der Waals surface area contributed by atoms with Crippen molar-refractivity contribution in [3.05, 3.63) is 23.8 Å². The minimum Gasteiger partial charge on any atom is -0.462 e. The molecule has 0 spiro atoms. The number of allylic oxidation sites excluding steroid dienone is 3. The molecule has 0 N–H and O–H groups in total. The molecule has 0 aromatic carbocycles. The molecule has 0 bridgehead atoms. The molecule has 2 aliphatic rings. The molecule has 1 aliphatic heterocycles. The van der Waals surface area contributed by atoms with Crippen molar-refractivity contribution in [2.24, 2.45) is 5.41 Å². The molecule has 2 rings (SSSR count). The van der Waals surface area contributed by atoms with Crippen molar-refractivity contribution in [1.82, 2.24) is 0 Å². The maximum Gasteiger partial charge on any atom is 0.316 e. The summed E-state index contributed by atoms with van der Waals surface area (Å²) in [6.07, 6.45) is 6.83. The van der Waals surface area contributed by atoms with Crippen molar-refractivity contribution in [2.75, 3.05) is 13.2 Å². The van der Waals surface area contributed by atoms with Gasteiger partial charge in [-0.1, -0.05) is 23.8 Å². The van der Waals surface area contributed by atoms with E-state index in [-0.39, 0.29) is 12.1 Å². The van der Waals surface area contributed by atoms with Gasteiger partial charge in [-0.3, -0.25) is 4.79 Å². The Bertz CT molecular complexity index is 326. The van der Waals surface area contributed by atoms with Crippen LogP contribution in [-0.2, 0) is 14.3 Å². The van der Waals surface area contributed by atoms with Gasteiger partial charge in [0.1, 0.15) is 12.7 Å². The number of hydrogen-bond donors (Lipinski definition) is 0. The van der Waals surface area contributed by atoms with E-state index in [0.717, 1.165) is 13.0 Å². The average Bonchev–Trinajstić information content (AvgIpc) is 3.03. The molecule has 1 fully saturated rings. The number of epoxide rings is 1. The third kappa shape index (κ3) is 2.48. The molecule has 3 heteroatoms. The Labute approximate surface area is 89.8 Å². The molecule has 1 saturated heterocycles. The predicted octanol–water partition coefficient (Wildman–Crippen LogP) is 1.84. The van der Waals surface area contributed by atoms with E-state index >= 15 is 0 Å². The van der Waals surface area contributed by atoms with Crippen molar-refractivity contribution >= 4 is 5.97 Å². The standard InChI is InChI=1S/C12H16O3/c1-9-3-5-12(2,6-4-9)11(13)15-8-10-7-14-10/h3-5,10H,6-8H2,1-2H3. The smallest absolute Gasteiger partial charge is 0.316 e. The third-order valence-corrected chi connectivity index (χ3v) is 2.83. The zero-order chi connectivity index (χ0) is 10.9. The van der Waals surface area contributed by atoms with Crippen LogP contribution in [0.1, 0.15) is 20.3 Å². The molecule has 82 valence electrons. The second-order valence-electron chi connectivity index (χ2n) is 4.46. The van der Waals surface area contributed by atoms with E-state index in [4.69, 9.17) is 9.47 Å². The van der Waals surface area contributed by atoms with E-state index in [0.29, 0.717) is 6.61 Å². The maximum atomic E-state index is 11.8. The highest BCUT2D eigenvalue weighted by atomic mass is 16.6. The summed E-state index contributed by atoms with van der Waals surface area (Å²) in [5, 5.41) is 0. The molecular weight excluding hydrogens is 192 g/mol. The van der Waals surface area contributed by atoms with Crippen molar-refractivity contribution in [2.45, 2.75) is 26.4 Å². The molecule has 0 radical (unpaired) electrons. The molecule has 1 aliphatic carbocycles. The number of rotatable bonds is 3. The molecule has 2 atom stereocenters. The highest BCUT2D eigenvalue weighted by Gasteiger charge is 2.34. The monoisotopic (exact) mass is 208 g/mol. The van der Waals surface area contributed by atoms with Gasteiger partial charge in [0.25, 0.3) is 0 Å². The molecule has 15 heavy (non-hydrogen) atoms. The Morgan fingerprint density at radius 3 is 3.00 bits per heavy atom.